The Labute approximate surface area is 109 Å². The lowest BCUT2D eigenvalue weighted by Crippen LogP contribution is -2.01. The van der Waals surface area contributed by atoms with E-state index in [9.17, 15) is 9.32 Å². The molecule has 1 unspecified atom stereocenters. The Kier molecular flexibility index (Phi) is 3.67. The molecule has 2 aromatic carbocycles. The molecule has 0 spiro atoms. The minimum atomic E-state index is -1.16. The molecule has 0 bridgehead atoms. The molecular formula is C14H15NO2S. The van der Waals surface area contributed by atoms with Crippen LogP contribution in [-0.2, 0) is 16.6 Å². The zero-order valence-electron chi connectivity index (χ0n) is 10.1. The smallest absolute Gasteiger partial charge is 0.115 e. The SMILES string of the molecule is Cc1c(N)cccc1S(=O)Cc1cccc(O)c1. The largest absolute Gasteiger partial charge is 0.508 e. The molecule has 0 radical (unpaired) electrons. The first-order valence-electron chi connectivity index (χ1n) is 5.59. The third-order valence-corrected chi connectivity index (χ3v) is 4.31. The number of phenols is 1. The Balaban J connectivity index is 2.25. The van der Waals surface area contributed by atoms with Crippen LogP contribution >= 0.6 is 0 Å². The van der Waals surface area contributed by atoms with Gasteiger partial charge < -0.3 is 10.8 Å². The van der Waals surface area contributed by atoms with Gasteiger partial charge in [0, 0.05) is 10.6 Å². The Bertz CT molecular complexity index is 596. The van der Waals surface area contributed by atoms with Crippen LogP contribution in [0.1, 0.15) is 11.1 Å². The normalized spacial score (nSPS) is 12.3. The first-order valence-corrected chi connectivity index (χ1v) is 6.91. The summed E-state index contributed by atoms with van der Waals surface area (Å²) in [5.41, 5.74) is 8.15. The zero-order valence-corrected chi connectivity index (χ0v) is 10.9. The number of aromatic hydroxyl groups is 1. The molecule has 18 heavy (non-hydrogen) atoms. The van der Waals surface area contributed by atoms with E-state index in [0.29, 0.717) is 11.4 Å². The van der Waals surface area contributed by atoms with Gasteiger partial charge in [0.2, 0.25) is 0 Å². The maximum atomic E-state index is 12.3. The molecule has 1 atom stereocenters. The van der Waals surface area contributed by atoms with Gasteiger partial charge >= 0.3 is 0 Å². The fraction of sp³-hybridized carbons (Fsp3) is 0.143. The van der Waals surface area contributed by atoms with Gasteiger partial charge in [0.05, 0.1) is 16.6 Å². The van der Waals surface area contributed by atoms with Crippen molar-refractivity contribution in [3.8, 4) is 5.75 Å². The topological polar surface area (TPSA) is 63.3 Å². The Morgan fingerprint density at radius 2 is 1.94 bits per heavy atom. The van der Waals surface area contributed by atoms with Crippen LogP contribution in [0, 0.1) is 6.92 Å². The summed E-state index contributed by atoms with van der Waals surface area (Å²) < 4.78 is 12.3. The molecular weight excluding hydrogens is 246 g/mol. The standard InChI is InChI=1S/C14H15NO2S/c1-10-13(15)6-3-7-14(10)18(17)9-11-4-2-5-12(16)8-11/h2-8,16H,9,15H2,1H3. The third kappa shape index (κ3) is 2.71. The number of anilines is 1. The zero-order chi connectivity index (χ0) is 13.1. The second kappa shape index (κ2) is 5.23. The summed E-state index contributed by atoms with van der Waals surface area (Å²) in [5, 5.41) is 9.38. The summed E-state index contributed by atoms with van der Waals surface area (Å²) in [6, 6.07) is 12.2. The predicted octanol–water partition coefficient (Wildman–Crippen LogP) is 2.59. The van der Waals surface area contributed by atoms with Gasteiger partial charge in [0.1, 0.15) is 5.75 Å². The number of benzene rings is 2. The van der Waals surface area contributed by atoms with Gasteiger partial charge in [-0.15, -0.1) is 0 Å². The highest BCUT2D eigenvalue weighted by atomic mass is 32.2. The van der Waals surface area contributed by atoms with Crippen LogP contribution in [-0.4, -0.2) is 9.32 Å². The molecule has 3 nitrogen and oxygen atoms in total. The van der Waals surface area contributed by atoms with E-state index in [1.54, 1.807) is 30.3 Å². The van der Waals surface area contributed by atoms with Crippen molar-refractivity contribution in [3.05, 3.63) is 53.6 Å². The highest BCUT2D eigenvalue weighted by Gasteiger charge is 2.10. The van der Waals surface area contributed by atoms with E-state index < -0.39 is 10.8 Å². The van der Waals surface area contributed by atoms with Crippen LogP contribution in [0.5, 0.6) is 5.75 Å². The number of nitrogens with two attached hydrogens (primary N) is 1. The molecule has 2 aromatic rings. The van der Waals surface area contributed by atoms with Crippen LogP contribution in [0.25, 0.3) is 0 Å². The second-order valence-electron chi connectivity index (χ2n) is 4.13. The Morgan fingerprint density at radius 1 is 1.22 bits per heavy atom. The van der Waals surface area contributed by atoms with E-state index in [-0.39, 0.29) is 5.75 Å². The lowest BCUT2D eigenvalue weighted by molar-refractivity contribution is 0.475. The molecule has 0 saturated carbocycles. The molecule has 2 rings (SSSR count). The molecule has 0 aliphatic heterocycles. The van der Waals surface area contributed by atoms with Crippen LogP contribution < -0.4 is 5.73 Å². The van der Waals surface area contributed by atoms with Gasteiger partial charge in [-0.1, -0.05) is 18.2 Å². The molecule has 0 saturated heterocycles. The molecule has 0 aliphatic carbocycles. The van der Waals surface area contributed by atoms with Crippen molar-refractivity contribution in [2.75, 3.05) is 5.73 Å². The van der Waals surface area contributed by atoms with E-state index in [4.69, 9.17) is 5.73 Å². The van der Waals surface area contributed by atoms with Crippen molar-refractivity contribution < 1.29 is 9.32 Å². The highest BCUT2D eigenvalue weighted by Crippen LogP contribution is 2.22. The maximum Gasteiger partial charge on any atom is 0.115 e. The van der Waals surface area contributed by atoms with Crippen LogP contribution in [0.15, 0.2) is 47.4 Å². The van der Waals surface area contributed by atoms with Crippen molar-refractivity contribution in [2.45, 2.75) is 17.6 Å². The van der Waals surface area contributed by atoms with E-state index in [1.807, 2.05) is 19.1 Å². The van der Waals surface area contributed by atoms with Gasteiger partial charge in [-0.25, -0.2) is 0 Å². The molecule has 0 amide bonds. The van der Waals surface area contributed by atoms with E-state index in [2.05, 4.69) is 0 Å². The van der Waals surface area contributed by atoms with Gasteiger partial charge in [0.25, 0.3) is 0 Å². The fourth-order valence-corrected chi connectivity index (χ4v) is 3.08. The molecule has 3 N–H and O–H groups in total. The average Bonchev–Trinajstić information content (AvgIpc) is 2.32. The summed E-state index contributed by atoms with van der Waals surface area (Å²) >= 11 is 0. The summed E-state index contributed by atoms with van der Waals surface area (Å²) in [7, 11) is -1.16. The molecule has 0 aliphatic rings. The lowest BCUT2D eigenvalue weighted by Gasteiger charge is -2.08. The first-order chi connectivity index (χ1) is 8.58. The summed E-state index contributed by atoms with van der Waals surface area (Å²) in [4.78, 5) is 0.748. The molecule has 4 heteroatoms. The van der Waals surface area contributed by atoms with Crippen molar-refractivity contribution in [2.24, 2.45) is 0 Å². The predicted molar refractivity (Wildman–Crippen MR) is 73.8 cm³/mol. The highest BCUT2D eigenvalue weighted by molar-refractivity contribution is 7.84. The monoisotopic (exact) mass is 261 g/mol. The summed E-state index contributed by atoms with van der Waals surface area (Å²) in [6.07, 6.45) is 0. The van der Waals surface area contributed by atoms with Crippen LogP contribution in [0.2, 0.25) is 0 Å². The van der Waals surface area contributed by atoms with Gasteiger partial charge in [-0.2, -0.15) is 0 Å². The third-order valence-electron chi connectivity index (χ3n) is 2.78. The molecule has 94 valence electrons. The summed E-state index contributed by atoms with van der Waals surface area (Å²) in [5.74, 6) is 0.562. The van der Waals surface area contributed by atoms with Crippen molar-refractivity contribution in [1.82, 2.24) is 0 Å². The van der Waals surface area contributed by atoms with E-state index in [0.717, 1.165) is 16.0 Å². The second-order valence-corrected chi connectivity index (χ2v) is 5.55. The van der Waals surface area contributed by atoms with Gasteiger partial charge in [-0.05, 0) is 42.3 Å². The van der Waals surface area contributed by atoms with Crippen LogP contribution in [0.4, 0.5) is 5.69 Å². The number of rotatable bonds is 3. The van der Waals surface area contributed by atoms with Crippen molar-refractivity contribution >= 4 is 16.5 Å². The number of hydrogen-bond acceptors (Lipinski definition) is 3. The van der Waals surface area contributed by atoms with E-state index >= 15 is 0 Å². The minimum Gasteiger partial charge on any atom is -0.508 e. The van der Waals surface area contributed by atoms with Gasteiger partial charge in [-0.3, -0.25) is 4.21 Å². The van der Waals surface area contributed by atoms with Gasteiger partial charge in [0.15, 0.2) is 0 Å². The minimum absolute atomic E-state index is 0.189. The Morgan fingerprint density at radius 3 is 2.67 bits per heavy atom. The lowest BCUT2D eigenvalue weighted by atomic mass is 10.2. The van der Waals surface area contributed by atoms with Crippen molar-refractivity contribution in [3.63, 3.8) is 0 Å². The fourth-order valence-electron chi connectivity index (χ4n) is 1.75. The Hall–Kier alpha value is -1.81. The number of hydrogen-bond donors (Lipinski definition) is 2. The molecule has 0 aromatic heterocycles. The molecule has 0 heterocycles. The van der Waals surface area contributed by atoms with E-state index in [1.165, 1.54) is 0 Å². The maximum absolute atomic E-state index is 12.3. The molecule has 0 fully saturated rings. The quantitative estimate of drug-likeness (QED) is 0.835. The first kappa shape index (κ1) is 12.6. The van der Waals surface area contributed by atoms with Crippen LogP contribution in [0.3, 0.4) is 0 Å². The number of nitrogen functional groups attached to an aromatic ring is 1. The average molecular weight is 261 g/mol. The summed E-state index contributed by atoms with van der Waals surface area (Å²) in [6.45, 7) is 1.87. The number of phenolic OH excluding ortho intramolecular Hbond substituents is 1. The van der Waals surface area contributed by atoms with Crippen molar-refractivity contribution in [1.29, 1.82) is 0 Å².